The fourth-order valence-corrected chi connectivity index (χ4v) is 3.11. The molecule has 0 aliphatic rings. The fourth-order valence-electron chi connectivity index (χ4n) is 3.11. The van der Waals surface area contributed by atoms with E-state index in [1.54, 1.807) is 0 Å². The van der Waals surface area contributed by atoms with E-state index in [0.29, 0.717) is 6.42 Å². The van der Waals surface area contributed by atoms with E-state index in [0.717, 1.165) is 33.3 Å². The number of hydrogen-bond donors (Lipinski definition) is 2. The van der Waals surface area contributed by atoms with Crippen molar-refractivity contribution in [3.8, 4) is 11.1 Å². The van der Waals surface area contributed by atoms with Gasteiger partial charge in [0, 0.05) is 28.4 Å². The van der Waals surface area contributed by atoms with Gasteiger partial charge in [-0.25, -0.2) is 0 Å². The van der Waals surface area contributed by atoms with Crippen molar-refractivity contribution in [1.82, 2.24) is 4.98 Å². The molecule has 1 heterocycles. The molecule has 4 aromatic rings. The molecule has 0 unspecified atom stereocenters. The highest BCUT2D eigenvalue weighted by Crippen LogP contribution is 2.28. The van der Waals surface area contributed by atoms with Crippen molar-refractivity contribution < 1.29 is 4.79 Å². The maximum absolute atomic E-state index is 12.6. The van der Waals surface area contributed by atoms with Gasteiger partial charge in [0.1, 0.15) is 0 Å². The number of benzene rings is 3. The zero-order valence-electron chi connectivity index (χ0n) is 13.7. The van der Waals surface area contributed by atoms with E-state index < -0.39 is 0 Å². The first-order valence-corrected chi connectivity index (χ1v) is 8.30. The van der Waals surface area contributed by atoms with Crippen molar-refractivity contribution >= 4 is 22.5 Å². The molecule has 0 spiro atoms. The van der Waals surface area contributed by atoms with Gasteiger partial charge < -0.3 is 10.3 Å². The number of nitrogens with one attached hydrogen (secondary N) is 2. The number of hydrogen-bond acceptors (Lipinski definition) is 1. The summed E-state index contributed by atoms with van der Waals surface area (Å²) < 4.78 is 0. The number of carbonyl (C=O) groups excluding carboxylic acids is 1. The Morgan fingerprint density at radius 2 is 1.56 bits per heavy atom. The van der Waals surface area contributed by atoms with Crippen LogP contribution in [0.3, 0.4) is 0 Å². The molecule has 0 bridgehead atoms. The molecular weight excluding hydrogens is 308 g/mol. The smallest absolute Gasteiger partial charge is 0.228 e. The summed E-state index contributed by atoms with van der Waals surface area (Å²) in [5.41, 5.74) is 5.00. The Bertz CT molecular complexity index is 1020. The maximum atomic E-state index is 12.6. The molecule has 1 aromatic heterocycles. The molecule has 2 N–H and O–H groups in total. The third kappa shape index (κ3) is 3.17. The molecule has 0 saturated carbocycles. The number of rotatable bonds is 4. The van der Waals surface area contributed by atoms with Crippen LogP contribution in [0.2, 0.25) is 0 Å². The molecular formula is C22H18N2O. The van der Waals surface area contributed by atoms with E-state index in [1.807, 2.05) is 85.1 Å². The lowest BCUT2D eigenvalue weighted by atomic mass is 10.0. The van der Waals surface area contributed by atoms with Crippen LogP contribution in [-0.4, -0.2) is 10.9 Å². The lowest BCUT2D eigenvalue weighted by molar-refractivity contribution is -0.115. The normalized spacial score (nSPS) is 10.7. The number of aromatic amines is 1. The van der Waals surface area contributed by atoms with Crippen LogP contribution in [0.4, 0.5) is 5.69 Å². The van der Waals surface area contributed by atoms with Gasteiger partial charge in [-0.15, -0.1) is 0 Å². The topological polar surface area (TPSA) is 44.9 Å². The van der Waals surface area contributed by atoms with Gasteiger partial charge in [0.2, 0.25) is 5.91 Å². The second kappa shape index (κ2) is 6.65. The fraction of sp³-hybridized carbons (Fsp3) is 0.0455. The van der Waals surface area contributed by atoms with Gasteiger partial charge in [-0.1, -0.05) is 66.7 Å². The molecule has 4 rings (SSSR count). The van der Waals surface area contributed by atoms with Crippen LogP contribution in [0.5, 0.6) is 0 Å². The van der Waals surface area contributed by atoms with E-state index in [4.69, 9.17) is 0 Å². The van der Waals surface area contributed by atoms with E-state index in [2.05, 4.69) is 10.3 Å². The van der Waals surface area contributed by atoms with E-state index in [-0.39, 0.29) is 5.91 Å². The molecule has 1 amide bonds. The summed E-state index contributed by atoms with van der Waals surface area (Å²) in [7, 11) is 0. The highest BCUT2D eigenvalue weighted by molar-refractivity contribution is 5.98. The largest absolute Gasteiger partial charge is 0.361 e. The maximum Gasteiger partial charge on any atom is 0.228 e. The Kier molecular flexibility index (Phi) is 4.05. The molecule has 122 valence electrons. The number of H-pyrrole nitrogens is 1. The Morgan fingerprint density at radius 1 is 0.840 bits per heavy atom. The highest BCUT2D eigenvalue weighted by atomic mass is 16.1. The molecule has 0 aliphatic carbocycles. The van der Waals surface area contributed by atoms with Gasteiger partial charge in [0.05, 0.1) is 6.42 Å². The summed E-state index contributed by atoms with van der Waals surface area (Å²) in [5.74, 6) is -0.0202. The van der Waals surface area contributed by atoms with Crippen LogP contribution in [-0.2, 0) is 11.2 Å². The summed E-state index contributed by atoms with van der Waals surface area (Å²) in [6, 6.07) is 26.0. The molecule has 25 heavy (non-hydrogen) atoms. The number of anilines is 1. The van der Waals surface area contributed by atoms with Crippen molar-refractivity contribution in [2.75, 3.05) is 5.32 Å². The summed E-state index contributed by atoms with van der Waals surface area (Å²) in [5, 5.41) is 4.15. The van der Waals surface area contributed by atoms with Gasteiger partial charge >= 0.3 is 0 Å². The zero-order valence-corrected chi connectivity index (χ0v) is 13.7. The average Bonchev–Trinajstić information content (AvgIpc) is 3.06. The zero-order chi connectivity index (χ0) is 17.1. The minimum Gasteiger partial charge on any atom is -0.361 e. The molecule has 0 atom stereocenters. The first kappa shape index (κ1) is 15.2. The number of amides is 1. The predicted octanol–water partition coefficient (Wildman–Crippen LogP) is 5.02. The SMILES string of the molecule is O=C(Cc1c[nH]c2ccccc12)Nc1ccccc1-c1ccccc1. The van der Waals surface area contributed by atoms with E-state index in [1.165, 1.54) is 0 Å². The monoisotopic (exact) mass is 326 g/mol. The van der Waals surface area contributed by atoms with Gasteiger partial charge in [0.15, 0.2) is 0 Å². The summed E-state index contributed by atoms with van der Waals surface area (Å²) >= 11 is 0. The quantitative estimate of drug-likeness (QED) is 0.543. The Labute approximate surface area is 146 Å². The third-order valence-electron chi connectivity index (χ3n) is 4.31. The summed E-state index contributed by atoms with van der Waals surface area (Å²) in [6.45, 7) is 0. The molecule has 0 saturated heterocycles. The standard InChI is InChI=1S/C22H18N2O/c25-22(14-17-15-23-20-12-6-4-11-19(17)20)24-21-13-7-5-10-18(21)16-8-2-1-3-9-16/h1-13,15,23H,14H2,(H,24,25). The average molecular weight is 326 g/mol. The van der Waals surface area contributed by atoms with Crippen molar-refractivity contribution in [3.05, 3.63) is 90.6 Å². The van der Waals surface area contributed by atoms with Crippen LogP contribution < -0.4 is 5.32 Å². The molecule has 3 aromatic carbocycles. The van der Waals surface area contributed by atoms with Crippen LogP contribution >= 0.6 is 0 Å². The molecule has 3 nitrogen and oxygen atoms in total. The second-order valence-corrected chi connectivity index (χ2v) is 6.00. The summed E-state index contributed by atoms with van der Waals surface area (Å²) in [4.78, 5) is 15.8. The van der Waals surface area contributed by atoms with Gasteiger partial charge in [-0.2, -0.15) is 0 Å². The van der Waals surface area contributed by atoms with Crippen LogP contribution in [0.15, 0.2) is 85.1 Å². The van der Waals surface area contributed by atoms with Gasteiger partial charge in [-0.3, -0.25) is 4.79 Å². The molecule has 3 heteroatoms. The lowest BCUT2D eigenvalue weighted by Gasteiger charge is -2.11. The van der Waals surface area contributed by atoms with Crippen LogP contribution in [0.1, 0.15) is 5.56 Å². The van der Waals surface area contributed by atoms with E-state index >= 15 is 0 Å². The van der Waals surface area contributed by atoms with Crippen molar-refractivity contribution in [3.63, 3.8) is 0 Å². The molecule has 0 radical (unpaired) electrons. The minimum atomic E-state index is -0.0202. The molecule has 0 fully saturated rings. The first-order valence-electron chi connectivity index (χ1n) is 8.30. The lowest BCUT2D eigenvalue weighted by Crippen LogP contribution is -2.14. The Morgan fingerprint density at radius 3 is 2.44 bits per heavy atom. The summed E-state index contributed by atoms with van der Waals surface area (Å²) in [6.07, 6.45) is 2.25. The number of fused-ring (bicyclic) bond motifs is 1. The van der Waals surface area contributed by atoms with Crippen LogP contribution in [0.25, 0.3) is 22.0 Å². The number of carbonyl (C=O) groups is 1. The van der Waals surface area contributed by atoms with Gasteiger partial charge in [-0.05, 0) is 23.3 Å². The predicted molar refractivity (Wildman–Crippen MR) is 103 cm³/mol. The first-order chi connectivity index (χ1) is 12.3. The Balaban J connectivity index is 1.58. The number of para-hydroxylation sites is 2. The minimum absolute atomic E-state index is 0.0202. The molecule has 0 aliphatic heterocycles. The van der Waals surface area contributed by atoms with E-state index in [9.17, 15) is 4.79 Å². The second-order valence-electron chi connectivity index (χ2n) is 6.00. The van der Waals surface area contributed by atoms with Crippen LogP contribution in [0, 0.1) is 0 Å². The number of aromatic nitrogens is 1. The van der Waals surface area contributed by atoms with Crippen molar-refractivity contribution in [1.29, 1.82) is 0 Å². The van der Waals surface area contributed by atoms with Gasteiger partial charge in [0.25, 0.3) is 0 Å². The highest BCUT2D eigenvalue weighted by Gasteiger charge is 2.11. The third-order valence-corrected chi connectivity index (χ3v) is 4.31. The van der Waals surface area contributed by atoms with Crippen molar-refractivity contribution in [2.24, 2.45) is 0 Å². The van der Waals surface area contributed by atoms with Crippen molar-refractivity contribution in [2.45, 2.75) is 6.42 Å². The Hall–Kier alpha value is -3.33.